The van der Waals surface area contributed by atoms with Crippen molar-refractivity contribution in [2.24, 2.45) is 4.99 Å². The van der Waals surface area contributed by atoms with Gasteiger partial charge < -0.3 is 10.1 Å². The van der Waals surface area contributed by atoms with Gasteiger partial charge in [0.1, 0.15) is 0 Å². The molecule has 2 N–H and O–H groups in total. The summed E-state index contributed by atoms with van der Waals surface area (Å²) in [5.41, 5.74) is 2.69. The summed E-state index contributed by atoms with van der Waals surface area (Å²) >= 11 is 0. The average Bonchev–Trinajstić information content (AvgIpc) is 3.20. The predicted molar refractivity (Wildman–Crippen MR) is 105 cm³/mol. The number of para-hydroxylation sites is 1. The zero-order chi connectivity index (χ0) is 18.2. The fourth-order valence-corrected chi connectivity index (χ4v) is 2.82. The van der Waals surface area contributed by atoms with Gasteiger partial charge in [0.15, 0.2) is 0 Å². The van der Waals surface area contributed by atoms with E-state index in [0.717, 1.165) is 31.6 Å². The molecular weight excluding hydrogens is 326 g/mol. The first-order chi connectivity index (χ1) is 12.7. The lowest BCUT2D eigenvalue weighted by Crippen LogP contribution is -2.36. The maximum absolute atomic E-state index is 12.6. The van der Waals surface area contributed by atoms with Crippen molar-refractivity contribution in [2.75, 3.05) is 18.5 Å². The van der Waals surface area contributed by atoms with Crippen LogP contribution in [0.2, 0.25) is 0 Å². The van der Waals surface area contributed by atoms with Crippen molar-refractivity contribution >= 4 is 17.6 Å². The summed E-state index contributed by atoms with van der Waals surface area (Å²) in [6.45, 7) is 3.41. The summed E-state index contributed by atoms with van der Waals surface area (Å²) in [4.78, 5) is 17.1. The van der Waals surface area contributed by atoms with Gasteiger partial charge in [0.05, 0.1) is 12.6 Å². The molecule has 0 bridgehead atoms. The molecule has 0 spiro atoms. The minimum absolute atomic E-state index is 0.128. The Morgan fingerprint density at radius 2 is 1.92 bits per heavy atom. The third kappa shape index (κ3) is 5.17. The van der Waals surface area contributed by atoms with Crippen molar-refractivity contribution in [3.8, 4) is 0 Å². The van der Waals surface area contributed by atoms with Crippen LogP contribution in [0.25, 0.3) is 0 Å². The van der Waals surface area contributed by atoms with Crippen LogP contribution in [-0.2, 0) is 11.2 Å². The number of amides is 1. The van der Waals surface area contributed by atoms with Crippen molar-refractivity contribution in [3.63, 3.8) is 0 Å². The number of hydrogen-bond donors (Lipinski definition) is 2. The molecule has 1 aliphatic rings. The number of guanidine groups is 1. The molecule has 26 heavy (non-hydrogen) atoms. The van der Waals surface area contributed by atoms with E-state index >= 15 is 0 Å². The van der Waals surface area contributed by atoms with Gasteiger partial charge >= 0.3 is 0 Å². The van der Waals surface area contributed by atoms with E-state index in [9.17, 15) is 4.79 Å². The van der Waals surface area contributed by atoms with Crippen LogP contribution in [0.1, 0.15) is 35.7 Å². The monoisotopic (exact) mass is 351 g/mol. The van der Waals surface area contributed by atoms with Gasteiger partial charge in [0.25, 0.3) is 5.91 Å². The van der Waals surface area contributed by atoms with Gasteiger partial charge in [0.2, 0.25) is 5.96 Å². The topological polar surface area (TPSA) is 62.7 Å². The molecule has 0 aromatic heterocycles. The fourth-order valence-electron chi connectivity index (χ4n) is 2.82. The Labute approximate surface area is 154 Å². The molecule has 1 atom stereocenters. The second-order valence-corrected chi connectivity index (χ2v) is 6.32. The highest BCUT2D eigenvalue weighted by atomic mass is 16.5. The third-order valence-electron chi connectivity index (χ3n) is 4.37. The number of benzene rings is 2. The Morgan fingerprint density at radius 1 is 1.15 bits per heavy atom. The normalized spacial score (nSPS) is 17.1. The molecule has 1 heterocycles. The maximum atomic E-state index is 12.6. The summed E-state index contributed by atoms with van der Waals surface area (Å²) in [5, 5.41) is 6.08. The van der Waals surface area contributed by atoms with Crippen molar-refractivity contribution in [3.05, 3.63) is 65.7 Å². The van der Waals surface area contributed by atoms with E-state index in [1.165, 1.54) is 5.56 Å². The fraction of sp³-hybridized carbons (Fsp3) is 0.333. The van der Waals surface area contributed by atoms with Crippen LogP contribution in [0.3, 0.4) is 0 Å². The number of carbonyl (C=O) groups excluding carboxylic acids is 1. The van der Waals surface area contributed by atoms with Crippen LogP contribution >= 0.6 is 0 Å². The largest absolute Gasteiger partial charge is 0.376 e. The van der Waals surface area contributed by atoms with Crippen LogP contribution in [0.15, 0.2) is 59.6 Å². The number of aliphatic imine (C=N–C) groups is 1. The lowest BCUT2D eigenvalue weighted by atomic mass is 10.1. The van der Waals surface area contributed by atoms with E-state index in [1.807, 2.05) is 54.6 Å². The number of aryl methyl sites for hydroxylation is 1. The van der Waals surface area contributed by atoms with Crippen molar-refractivity contribution in [2.45, 2.75) is 32.3 Å². The van der Waals surface area contributed by atoms with Crippen molar-refractivity contribution < 1.29 is 9.53 Å². The zero-order valence-corrected chi connectivity index (χ0v) is 15.1. The molecule has 136 valence electrons. The Bertz CT molecular complexity index is 736. The van der Waals surface area contributed by atoms with Gasteiger partial charge in [0, 0.05) is 17.9 Å². The number of nitrogens with zero attached hydrogens (tertiary/aromatic N) is 1. The summed E-state index contributed by atoms with van der Waals surface area (Å²) in [6.07, 6.45) is 3.15. The molecule has 0 radical (unpaired) electrons. The maximum Gasteiger partial charge on any atom is 0.257 e. The molecule has 2 aromatic rings. The molecule has 1 fully saturated rings. The van der Waals surface area contributed by atoms with E-state index in [2.05, 4.69) is 22.5 Å². The molecule has 1 aliphatic heterocycles. The van der Waals surface area contributed by atoms with E-state index in [1.54, 1.807) is 0 Å². The number of rotatable bonds is 5. The standard InChI is InChI=1S/C21H25N3O2/c1-2-16-10-12-17(13-11-16)20(25)24-21(22-15-19-9-6-14-26-19)23-18-7-4-3-5-8-18/h3-5,7-8,10-13,19H,2,6,9,14-15H2,1H3,(H2,22,23,24,25). The minimum Gasteiger partial charge on any atom is -0.376 e. The van der Waals surface area contributed by atoms with Crippen molar-refractivity contribution in [1.82, 2.24) is 5.32 Å². The summed E-state index contributed by atoms with van der Waals surface area (Å²) in [5.74, 6) is 0.262. The highest BCUT2D eigenvalue weighted by molar-refractivity contribution is 6.09. The first-order valence-corrected chi connectivity index (χ1v) is 9.13. The molecule has 0 saturated carbocycles. The molecular formula is C21H25N3O2. The Balaban J connectivity index is 1.70. The van der Waals surface area contributed by atoms with Crippen molar-refractivity contribution in [1.29, 1.82) is 0 Å². The Hall–Kier alpha value is -2.66. The first-order valence-electron chi connectivity index (χ1n) is 9.13. The molecule has 1 unspecified atom stereocenters. The van der Waals surface area contributed by atoms with E-state index in [-0.39, 0.29) is 12.0 Å². The Kier molecular flexibility index (Phi) is 6.39. The van der Waals surface area contributed by atoms with Gasteiger partial charge in [-0.15, -0.1) is 0 Å². The molecule has 2 aromatic carbocycles. The number of nitrogens with one attached hydrogen (secondary N) is 2. The second-order valence-electron chi connectivity index (χ2n) is 6.32. The van der Waals surface area contributed by atoms with Gasteiger partial charge in [-0.1, -0.05) is 37.3 Å². The van der Waals surface area contributed by atoms with Crippen LogP contribution < -0.4 is 10.6 Å². The van der Waals surface area contributed by atoms with E-state index in [4.69, 9.17) is 4.74 Å². The van der Waals surface area contributed by atoms with E-state index < -0.39 is 0 Å². The van der Waals surface area contributed by atoms with Gasteiger partial charge in [-0.05, 0) is 49.1 Å². The average molecular weight is 351 g/mol. The van der Waals surface area contributed by atoms with Crippen LogP contribution in [0.4, 0.5) is 5.69 Å². The summed E-state index contributed by atoms with van der Waals surface area (Å²) in [7, 11) is 0. The first kappa shape index (κ1) is 18.1. The lowest BCUT2D eigenvalue weighted by Gasteiger charge is -2.13. The number of hydrogen-bond acceptors (Lipinski definition) is 3. The quantitative estimate of drug-likeness (QED) is 0.639. The highest BCUT2D eigenvalue weighted by Crippen LogP contribution is 2.12. The molecule has 1 amide bonds. The number of anilines is 1. The van der Waals surface area contributed by atoms with E-state index in [0.29, 0.717) is 18.1 Å². The molecule has 5 nitrogen and oxygen atoms in total. The van der Waals surface area contributed by atoms with Crippen LogP contribution in [0.5, 0.6) is 0 Å². The van der Waals surface area contributed by atoms with Crippen LogP contribution in [0, 0.1) is 0 Å². The third-order valence-corrected chi connectivity index (χ3v) is 4.37. The second kappa shape index (κ2) is 9.15. The van der Waals surface area contributed by atoms with Gasteiger partial charge in [-0.25, -0.2) is 4.99 Å². The van der Waals surface area contributed by atoms with Gasteiger partial charge in [-0.3, -0.25) is 10.1 Å². The molecule has 3 rings (SSSR count). The predicted octanol–water partition coefficient (Wildman–Crippen LogP) is 3.63. The molecule has 0 aliphatic carbocycles. The minimum atomic E-state index is -0.179. The molecule has 5 heteroatoms. The number of ether oxygens (including phenoxy) is 1. The van der Waals surface area contributed by atoms with Gasteiger partial charge in [-0.2, -0.15) is 0 Å². The highest BCUT2D eigenvalue weighted by Gasteiger charge is 2.16. The summed E-state index contributed by atoms with van der Waals surface area (Å²) in [6, 6.07) is 17.3. The Morgan fingerprint density at radius 3 is 2.58 bits per heavy atom. The smallest absolute Gasteiger partial charge is 0.257 e. The van der Waals surface area contributed by atoms with Crippen LogP contribution in [-0.4, -0.2) is 31.1 Å². The SMILES string of the molecule is CCc1ccc(C(=O)NC(=NCC2CCCO2)Nc2ccccc2)cc1. The lowest BCUT2D eigenvalue weighted by molar-refractivity contribution is 0.0975. The molecule has 1 saturated heterocycles. The summed E-state index contributed by atoms with van der Waals surface area (Å²) < 4.78 is 5.62. The number of carbonyl (C=O) groups is 1. The zero-order valence-electron chi connectivity index (χ0n) is 15.1.